The van der Waals surface area contributed by atoms with Gasteiger partial charge in [-0.15, -0.1) is 0 Å². The Bertz CT molecular complexity index is 943. The molecule has 1 N–H and O–H groups in total. The predicted octanol–water partition coefficient (Wildman–Crippen LogP) is 5.95. The highest BCUT2D eigenvalue weighted by Gasteiger charge is 2.42. The molecule has 0 heterocycles. The third-order valence-corrected chi connectivity index (χ3v) is 6.40. The fraction of sp³-hybridized carbons (Fsp3) is 0.250. The van der Waals surface area contributed by atoms with Crippen LogP contribution in [0.5, 0.6) is 0 Å². The lowest BCUT2D eigenvalue weighted by Gasteiger charge is -2.22. The molecular formula is C24H26F2OSi. The lowest BCUT2D eigenvalue weighted by molar-refractivity contribution is 0.388. The average Bonchev–Trinajstić information content (AvgIpc) is 2.51. The molecule has 3 rings (SSSR count). The van der Waals surface area contributed by atoms with Crippen LogP contribution in [0.15, 0.2) is 42.5 Å². The van der Waals surface area contributed by atoms with Crippen molar-refractivity contribution in [1.82, 2.24) is 0 Å². The molecule has 1 nitrogen and oxygen atoms in total. The van der Waals surface area contributed by atoms with Crippen LogP contribution in [-0.4, -0.2) is 13.8 Å². The maximum atomic E-state index is 14.7. The van der Waals surface area contributed by atoms with Crippen molar-refractivity contribution in [2.45, 2.75) is 41.5 Å². The van der Waals surface area contributed by atoms with E-state index in [9.17, 15) is 13.0 Å². The Balaban J connectivity index is 2.43. The smallest absolute Gasteiger partial charge is 0.381 e. The van der Waals surface area contributed by atoms with Gasteiger partial charge in [0.15, 0.2) is 0 Å². The number of aryl methyl sites for hydroxylation is 6. The normalized spacial score (nSPS) is 11.8. The number of benzene rings is 3. The standard InChI is InChI=1S/C24H26F2OSi/c1-14-10-16(3)22(17(4)11-14)20-8-7-9-21(24(20)28(25,26)27)23-18(5)12-15(2)13-19(23)6/h7-13,27H,1-6H3. The van der Waals surface area contributed by atoms with Gasteiger partial charge in [-0.25, -0.2) is 8.22 Å². The first-order chi connectivity index (χ1) is 13.0. The molecule has 0 aliphatic carbocycles. The van der Waals surface area contributed by atoms with Crippen molar-refractivity contribution in [3.8, 4) is 22.3 Å². The van der Waals surface area contributed by atoms with E-state index in [1.807, 2.05) is 71.9 Å². The van der Waals surface area contributed by atoms with Gasteiger partial charge in [-0.2, -0.15) is 0 Å². The zero-order valence-corrected chi connectivity index (χ0v) is 18.2. The van der Waals surface area contributed by atoms with Crippen LogP contribution in [0.2, 0.25) is 0 Å². The van der Waals surface area contributed by atoms with Gasteiger partial charge in [-0.3, -0.25) is 0 Å². The second-order valence-corrected chi connectivity index (χ2v) is 9.40. The number of halogens is 2. The van der Waals surface area contributed by atoms with Gasteiger partial charge < -0.3 is 4.80 Å². The molecule has 4 heteroatoms. The summed E-state index contributed by atoms with van der Waals surface area (Å²) in [6.45, 7) is 11.7. The molecule has 0 bridgehead atoms. The Kier molecular flexibility index (Phi) is 5.30. The maximum Gasteiger partial charge on any atom is 0.612 e. The van der Waals surface area contributed by atoms with Crippen LogP contribution in [0.4, 0.5) is 8.22 Å². The SMILES string of the molecule is Cc1cc(C)c(-c2cccc(-c3c(C)cc(C)cc3C)c2[Si](O)(F)F)c(C)c1. The fourth-order valence-corrected chi connectivity index (χ4v) is 5.57. The Morgan fingerprint density at radius 1 is 0.643 bits per heavy atom. The van der Waals surface area contributed by atoms with E-state index in [1.54, 1.807) is 12.1 Å². The summed E-state index contributed by atoms with van der Waals surface area (Å²) in [4.78, 5) is 10.1. The minimum atomic E-state index is -5.61. The lowest BCUT2D eigenvalue weighted by atomic mass is 9.89. The Morgan fingerprint density at radius 3 is 1.25 bits per heavy atom. The van der Waals surface area contributed by atoms with Crippen LogP contribution in [0.25, 0.3) is 22.3 Å². The summed E-state index contributed by atoms with van der Waals surface area (Å²) in [6.07, 6.45) is 0. The van der Waals surface area contributed by atoms with Crippen molar-refractivity contribution < 1.29 is 13.0 Å². The summed E-state index contributed by atoms with van der Waals surface area (Å²) < 4.78 is 29.5. The molecule has 0 unspecified atom stereocenters. The van der Waals surface area contributed by atoms with Crippen LogP contribution in [0.3, 0.4) is 0 Å². The largest absolute Gasteiger partial charge is 0.612 e. The third kappa shape index (κ3) is 3.67. The summed E-state index contributed by atoms with van der Waals surface area (Å²) in [5, 5.41) is -0.194. The Hall–Kier alpha value is -2.30. The molecule has 0 radical (unpaired) electrons. The van der Waals surface area contributed by atoms with Gasteiger partial charge in [-0.05, 0) is 86.1 Å². The molecule has 28 heavy (non-hydrogen) atoms. The van der Waals surface area contributed by atoms with E-state index in [1.165, 1.54) is 0 Å². The quantitative estimate of drug-likeness (QED) is 0.428. The molecular weight excluding hydrogens is 370 g/mol. The van der Waals surface area contributed by atoms with Crippen molar-refractivity contribution in [3.05, 3.63) is 75.8 Å². The second kappa shape index (κ2) is 7.26. The average molecular weight is 397 g/mol. The minimum absolute atomic E-state index is 0.194. The molecule has 0 amide bonds. The molecule has 0 spiro atoms. The highest BCUT2D eigenvalue weighted by Crippen LogP contribution is 2.35. The van der Waals surface area contributed by atoms with Crippen LogP contribution >= 0.6 is 0 Å². The molecule has 0 aliphatic heterocycles. The zero-order valence-electron chi connectivity index (χ0n) is 17.2. The van der Waals surface area contributed by atoms with Crippen LogP contribution < -0.4 is 5.19 Å². The highest BCUT2D eigenvalue weighted by molar-refractivity contribution is 6.75. The van der Waals surface area contributed by atoms with Crippen molar-refractivity contribution in [3.63, 3.8) is 0 Å². The number of hydrogen-bond acceptors (Lipinski definition) is 1. The summed E-state index contributed by atoms with van der Waals surface area (Å²) in [6, 6.07) is 13.2. The van der Waals surface area contributed by atoms with E-state index < -0.39 is 8.99 Å². The highest BCUT2D eigenvalue weighted by atomic mass is 28.4. The Labute approximate surface area is 167 Å². The molecule has 3 aromatic carbocycles. The van der Waals surface area contributed by atoms with E-state index in [4.69, 9.17) is 0 Å². The van der Waals surface area contributed by atoms with Crippen LogP contribution in [0, 0.1) is 41.5 Å². The minimum Gasteiger partial charge on any atom is -0.381 e. The molecule has 0 aliphatic rings. The first kappa shape index (κ1) is 20.4. The topological polar surface area (TPSA) is 20.2 Å². The van der Waals surface area contributed by atoms with Crippen LogP contribution in [0.1, 0.15) is 33.4 Å². The van der Waals surface area contributed by atoms with Crippen molar-refractivity contribution in [2.24, 2.45) is 0 Å². The summed E-state index contributed by atoms with van der Waals surface area (Å²) >= 11 is 0. The maximum absolute atomic E-state index is 14.7. The van der Waals surface area contributed by atoms with Gasteiger partial charge in [0.25, 0.3) is 0 Å². The molecule has 3 aromatic rings. The molecule has 0 saturated carbocycles. The molecule has 0 saturated heterocycles. The van der Waals surface area contributed by atoms with Gasteiger partial charge >= 0.3 is 8.99 Å². The van der Waals surface area contributed by atoms with Crippen molar-refractivity contribution in [2.75, 3.05) is 0 Å². The van der Waals surface area contributed by atoms with Crippen LogP contribution in [-0.2, 0) is 0 Å². The number of hydrogen-bond donors (Lipinski definition) is 1. The molecule has 0 fully saturated rings. The molecule has 0 aromatic heterocycles. The van der Waals surface area contributed by atoms with Gasteiger partial charge in [-0.1, -0.05) is 53.6 Å². The van der Waals surface area contributed by atoms with E-state index in [-0.39, 0.29) is 5.19 Å². The Morgan fingerprint density at radius 2 is 0.964 bits per heavy atom. The van der Waals surface area contributed by atoms with Gasteiger partial charge in [0.2, 0.25) is 0 Å². The van der Waals surface area contributed by atoms with Crippen molar-refractivity contribution in [1.29, 1.82) is 0 Å². The van der Waals surface area contributed by atoms with Crippen molar-refractivity contribution >= 4 is 14.2 Å². The zero-order chi connectivity index (χ0) is 20.8. The predicted molar refractivity (Wildman–Crippen MR) is 116 cm³/mol. The molecule has 0 atom stereocenters. The van der Waals surface area contributed by atoms with E-state index in [0.29, 0.717) is 11.1 Å². The lowest BCUT2D eigenvalue weighted by Crippen LogP contribution is -2.42. The molecule has 146 valence electrons. The fourth-order valence-electron chi connectivity index (χ4n) is 4.50. The summed E-state index contributed by atoms with van der Waals surface area (Å²) in [7, 11) is -5.61. The monoisotopic (exact) mass is 396 g/mol. The van der Waals surface area contributed by atoms with Gasteiger partial charge in [0.05, 0.1) is 0 Å². The van der Waals surface area contributed by atoms with Gasteiger partial charge in [0, 0.05) is 5.19 Å². The second-order valence-electron chi connectivity index (χ2n) is 7.82. The van der Waals surface area contributed by atoms with E-state index >= 15 is 0 Å². The summed E-state index contributed by atoms with van der Waals surface area (Å²) in [5.74, 6) is 0. The van der Waals surface area contributed by atoms with E-state index in [2.05, 4.69) is 0 Å². The third-order valence-electron chi connectivity index (χ3n) is 5.26. The first-order valence-electron chi connectivity index (χ1n) is 9.40. The first-order valence-corrected chi connectivity index (χ1v) is 11.1. The van der Waals surface area contributed by atoms with E-state index in [0.717, 1.165) is 44.5 Å². The summed E-state index contributed by atoms with van der Waals surface area (Å²) in [5.41, 5.74) is 8.37. The number of rotatable bonds is 3. The van der Waals surface area contributed by atoms with Gasteiger partial charge in [0.1, 0.15) is 0 Å².